The molecule has 3 rings (SSSR count). The minimum Gasteiger partial charge on any atom is -0.454 e. The number of hydrogen-bond acceptors (Lipinski definition) is 4. The lowest BCUT2D eigenvalue weighted by molar-refractivity contribution is 0.0972. The predicted molar refractivity (Wildman–Crippen MR) is 118 cm³/mol. The highest BCUT2D eigenvalue weighted by Crippen LogP contribution is 2.10. The number of carbonyl (C=O) groups excluding carboxylic acids is 1. The summed E-state index contributed by atoms with van der Waals surface area (Å²) in [6.07, 6.45) is 3.83. The van der Waals surface area contributed by atoms with Crippen LogP contribution in [0.1, 0.15) is 21.9 Å². The SMILES string of the molecule is CN=C(NCc1ccc(C(N)=O)o1)N(C)Cc1cnn(-c2ccccc2)c1.I. The number of amides is 1. The number of primary amides is 1. The van der Waals surface area contributed by atoms with Crippen molar-refractivity contribution in [3.63, 3.8) is 0 Å². The molecule has 0 aliphatic rings. The van der Waals surface area contributed by atoms with Crippen molar-refractivity contribution in [3.8, 4) is 5.69 Å². The predicted octanol–water partition coefficient (Wildman–Crippen LogP) is 2.39. The molecule has 9 heteroatoms. The number of carbonyl (C=O) groups is 1. The lowest BCUT2D eigenvalue weighted by Crippen LogP contribution is -2.37. The molecule has 0 unspecified atom stereocenters. The number of aliphatic imine (C=N–C) groups is 1. The maximum Gasteiger partial charge on any atom is 0.284 e. The van der Waals surface area contributed by atoms with E-state index >= 15 is 0 Å². The van der Waals surface area contributed by atoms with E-state index in [0.717, 1.165) is 11.3 Å². The number of benzene rings is 1. The van der Waals surface area contributed by atoms with Gasteiger partial charge in [0.1, 0.15) is 5.76 Å². The van der Waals surface area contributed by atoms with Crippen LogP contribution in [0, 0.1) is 0 Å². The number of guanidine groups is 1. The first-order valence-electron chi connectivity index (χ1n) is 8.46. The molecule has 0 aliphatic heterocycles. The van der Waals surface area contributed by atoms with Crippen molar-refractivity contribution in [2.24, 2.45) is 10.7 Å². The molecule has 1 aromatic carbocycles. The van der Waals surface area contributed by atoms with Crippen molar-refractivity contribution in [1.82, 2.24) is 20.0 Å². The van der Waals surface area contributed by atoms with Gasteiger partial charge in [-0.1, -0.05) is 18.2 Å². The van der Waals surface area contributed by atoms with E-state index in [1.807, 2.05) is 59.4 Å². The number of nitrogens with zero attached hydrogens (tertiary/aromatic N) is 4. The van der Waals surface area contributed by atoms with Gasteiger partial charge in [-0.15, -0.1) is 24.0 Å². The average Bonchev–Trinajstić information content (AvgIpc) is 3.33. The summed E-state index contributed by atoms with van der Waals surface area (Å²) in [5.41, 5.74) is 7.26. The Labute approximate surface area is 180 Å². The lowest BCUT2D eigenvalue weighted by atomic mass is 10.3. The summed E-state index contributed by atoms with van der Waals surface area (Å²) in [4.78, 5) is 17.3. The zero-order chi connectivity index (χ0) is 19.2. The van der Waals surface area contributed by atoms with Crippen LogP contribution in [0.4, 0.5) is 0 Å². The largest absolute Gasteiger partial charge is 0.454 e. The van der Waals surface area contributed by atoms with Gasteiger partial charge in [0.2, 0.25) is 0 Å². The standard InChI is InChI=1S/C19H22N6O2.HI/c1-21-19(22-11-16-8-9-17(27-16)18(20)26)24(2)12-14-10-23-25(13-14)15-6-4-3-5-7-15;/h3-10,13H,11-12H2,1-2H3,(H2,20,26)(H,21,22);1H. The quantitative estimate of drug-likeness (QED) is 0.312. The normalized spacial score (nSPS) is 11.0. The van der Waals surface area contributed by atoms with Crippen molar-refractivity contribution in [1.29, 1.82) is 0 Å². The molecule has 0 saturated heterocycles. The van der Waals surface area contributed by atoms with E-state index in [1.54, 1.807) is 19.2 Å². The van der Waals surface area contributed by atoms with Gasteiger partial charge in [0.05, 0.1) is 18.4 Å². The Morgan fingerprint density at radius 2 is 2.04 bits per heavy atom. The maximum absolute atomic E-state index is 11.1. The molecule has 0 aliphatic carbocycles. The third kappa shape index (κ3) is 5.35. The first kappa shape index (κ1) is 21.5. The number of halogens is 1. The molecule has 1 amide bonds. The molecule has 2 heterocycles. The molecule has 2 aromatic heterocycles. The minimum absolute atomic E-state index is 0. The maximum atomic E-state index is 11.1. The first-order chi connectivity index (χ1) is 13.1. The minimum atomic E-state index is -0.585. The first-order valence-corrected chi connectivity index (χ1v) is 8.46. The molecular weight excluding hydrogens is 471 g/mol. The van der Waals surface area contributed by atoms with Crippen molar-refractivity contribution in [2.45, 2.75) is 13.1 Å². The van der Waals surface area contributed by atoms with Gasteiger partial charge in [-0.25, -0.2) is 4.68 Å². The number of aromatic nitrogens is 2. The number of hydrogen-bond donors (Lipinski definition) is 2. The summed E-state index contributed by atoms with van der Waals surface area (Å²) in [5, 5.41) is 7.61. The van der Waals surface area contributed by atoms with Gasteiger partial charge in [-0.05, 0) is 24.3 Å². The van der Waals surface area contributed by atoms with E-state index in [-0.39, 0.29) is 29.7 Å². The van der Waals surface area contributed by atoms with Gasteiger partial charge >= 0.3 is 0 Å². The molecule has 0 bridgehead atoms. The average molecular weight is 494 g/mol. The van der Waals surface area contributed by atoms with Crippen LogP contribution in [0.2, 0.25) is 0 Å². The Kier molecular flexibility index (Phi) is 7.61. The summed E-state index contributed by atoms with van der Waals surface area (Å²) < 4.78 is 7.21. The topological polar surface area (TPSA) is 102 Å². The second kappa shape index (κ2) is 9.93. The molecule has 0 spiro atoms. The van der Waals surface area contributed by atoms with Crippen LogP contribution in [0.25, 0.3) is 5.69 Å². The highest BCUT2D eigenvalue weighted by atomic mass is 127. The molecule has 0 saturated carbocycles. The fourth-order valence-electron chi connectivity index (χ4n) is 2.67. The molecule has 148 valence electrons. The molecule has 8 nitrogen and oxygen atoms in total. The molecule has 3 N–H and O–H groups in total. The molecule has 3 aromatic rings. The van der Waals surface area contributed by atoms with Gasteiger partial charge in [0.15, 0.2) is 11.7 Å². The van der Waals surface area contributed by atoms with Crippen LogP contribution in [0.3, 0.4) is 0 Å². The van der Waals surface area contributed by atoms with Crippen molar-refractivity contribution >= 4 is 35.8 Å². The van der Waals surface area contributed by atoms with Crippen LogP contribution < -0.4 is 11.1 Å². The fraction of sp³-hybridized carbons (Fsp3) is 0.211. The number of furan rings is 1. The third-order valence-electron chi connectivity index (χ3n) is 3.98. The van der Waals surface area contributed by atoms with E-state index in [2.05, 4.69) is 15.4 Å². The number of para-hydroxylation sites is 1. The van der Waals surface area contributed by atoms with Gasteiger partial charge < -0.3 is 20.4 Å². The van der Waals surface area contributed by atoms with Crippen molar-refractivity contribution in [2.75, 3.05) is 14.1 Å². The van der Waals surface area contributed by atoms with Crippen LogP contribution in [-0.2, 0) is 13.1 Å². The summed E-state index contributed by atoms with van der Waals surface area (Å²) >= 11 is 0. The van der Waals surface area contributed by atoms with E-state index in [0.29, 0.717) is 24.8 Å². The van der Waals surface area contributed by atoms with Gasteiger partial charge in [0.25, 0.3) is 5.91 Å². The van der Waals surface area contributed by atoms with Crippen LogP contribution >= 0.6 is 24.0 Å². The molecule has 28 heavy (non-hydrogen) atoms. The number of nitrogens with two attached hydrogens (primary N) is 1. The molecule has 0 atom stereocenters. The highest BCUT2D eigenvalue weighted by molar-refractivity contribution is 14.0. The van der Waals surface area contributed by atoms with Crippen molar-refractivity contribution in [3.05, 3.63) is 71.9 Å². The Balaban J connectivity index is 0.00000280. The zero-order valence-corrected chi connectivity index (χ0v) is 18.0. The summed E-state index contributed by atoms with van der Waals surface area (Å²) in [6.45, 7) is 1.03. The van der Waals surface area contributed by atoms with Crippen molar-refractivity contribution < 1.29 is 9.21 Å². The Morgan fingerprint density at radius 3 is 2.68 bits per heavy atom. The zero-order valence-electron chi connectivity index (χ0n) is 15.7. The van der Waals surface area contributed by atoms with Crippen LogP contribution in [-0.4, -0.2) is 40.6 Å². The van der Waals surface area contributed by atoms with Gasteiger partial charge in [-0.3, -0.25) is 9.79 Å². The molecular formula is C19H23IN6O2. The summed E-state index contributed by atoms with van der Waals surface area (Å²) in [7, 11) is 3.65. The van der Waals surface area contributed by atoms with E-state index in [4.69, 9.17) is 10.2 Å². The van der Waals surface area contributed by atoms with Crippen LogP contribution in [0.15, 0.2) is 64.3 Å². The van der Waals surface area contributed by atoms with E-state index in [1.165, 1.54) is 0 Å². The Bertz CT molecular complexity index is 935. The van der Waals surface area contributed by atoms with Crippen LogP contribution in [0.5, 0.6) is 0 Å². The number of rotatable bonds is 6. The van der Waals surface area contributed by atoms with Gasteiger partial charge in [0, 0.05) is 32.4 Å². The molecule has 0 radical (unpaired) electrons. The smallest absolute Gasteiger partial charge is 0.284 e. The Morgan fingerprint density at radius 1 is 1.29 bits per heavy atom. The second-order valence-corrected chi connectivity index (χ2v) is 6.02. The summed E-state index contributed by atoms with van der Waals surface area (Å²) in [5.74, 6) is 0.858. The highest BCUT2D eigenvalue weighted by Gasteiger charge is 2.11. The monoisotopic (exact) mass is 494 g/mol. The number of nitrogens with one attached hydrogen (secondary N) is 1. The van der Waals surface area contributed by atoms with E-state index in [9.17, 15) is 4.79 Å². The fourth-order valence-corrected chi connectivity index (χ4v) is 2.67. The lowest BCUT2D eigenvalue weighted by Gasteiger charge is -2.21. The Hall–Kier alpha value is -2.82. The second-order valence-electron chi connectivity index (χ2n) is 6.02. The molecule has 0 fully saturated rings. The van der Waals surface area contributed by atoms with E-state index < -0.39 is 5.91 Å². The summed E-state index contributed by atoms with van der Waals surface area (Å²) in [6, 6.07) is 13.2. The third-order valence-corrected chi connectivity index (χ3v) is 3.98. The van der Waals surface area contributed by atoms with Gasteiger partial charge in [-0.2, -0.15) is 5.10 Å².